The van der Waals surface area contributed by atoms with Gasteiger partial charge in [-0.2, -0.15) is 5.10 Å². The first-order valence-electron chi connectivity index (χ1n) is 6.45. The van der Waals surface area contributed by atoms with Crippen molar-refractivity contribution >= 4 is 23.2 Å². The van der Waals surface area contributed by atoms with Crippen molar-refractivity contribution in [1.29, 1.82) is 0 Å². The lowest BCUT2D eigenvalue weighted by atomic mass is 10.4. The molecule has 0 atom stereocenters. The molecule has 116 valence electrons. The van der Waals surface area contributed by atoms with Crippen molar-refractivity contribution in [2.45, 2.75) is 6.54 Å². The van der Waals surface area contributed by atoms with E-state index >= 15 is 0 Å². The fourth-order valence-electron chi connectivity index (χ4n) is 1.65. The lowest BCUT2D eigenvalue weighted by Crippen LogP contribution is -2.31. The molecule has 8 heteroatoms. The zero-order valence-electron chi connectivity index (χ0n) is 12.2. The number of nitrogens with zero attached hydrogens (tertiary/aromatic N) is 3. The molecule has 2 aromatic rings. The van der Waals surface area contributed by atoms with E-state index in [0.717, 1.165) is 9.56 Å². The number of aryl methyl sites for hydroxylation is 1. The van der Waals surface area contributed by atoms with Crippen LogP contribution in [0.5, 0.6) is 0 Å². The summed E-state index contributed by atoms with van der Waals surface area (Å²) in [5.74, 6) is -1.06. The predicted octanol–water partition coefficient (Wildman–Crippen LogP) is 0.657. The Hall–Kier alpha value is -2.48. The number of aromatic nitrogens is 2. The van der Waals surface area contributed by atoms with Crippen LogP contribution in [-0.4, -0.2) is 40.2 Å². The molecule has 0 aromatic carbocycles. The zero-order valence-corrected chi connectivity index (χ0v) is 13.0. The van der Waals surface area contributed by atoms with Gasteiger partial charge >= 0.3 is 5.97 Å². The summed E-state index contributed by atoms with van der Waals surface area (Å²) >= 11 is 1.55. The molecular formula is C14H15N3O4S. The number of carbonyl (C=O) groups excluding carboxylic acids is 2. The average Bonchev–Trinajstić information content (AvgIpc) is 3.00. The van der Waals surface area contributed by atoms with E-state index < -0.39 is 5.97 Å². The van der Waals surface area contributed by atoms with Crippen LogP contribution in [0.4, 0.5) is 0 Å². The molecule has 0 spiro atoms. The van der Waals surface area contributed by atoms with E-state index in [0.29, 0.717) is 6.54 Å². The summed E-state index contributed by atoms with van der Waals surface area (Å²) in [6.45, 7) is 0.0946. The van der Waals surface area contributed by atoms with Crippen molar-refractivity contribution in [2.24, 2.45) is 7.05 Å². The third-order valence-corrected chi connectivity index (χ3v) is 3.76. The monoisotopic (exact) mass is 321 g/mol. The van der Waals surface area contributed by atoms with E-state index in [4.69, 9.17) is 4.74 Å². The normalized spacial score (nSPS) is 10.3. The van der Waals surface area contributed by atoms with Gasteiger partial charge in [-0.3, -0.25) is 9.59 Å². The summed E-state index contributed by atoms with van der Waals surface area (Å²) in [6, 6.07) is 6.32. The van der Waals surface area contributed by atoms with Gasteiger partial charge in [0.2, 0.25) is 0 Å². The van der Waals surface area contributed by atoms with Gasteiger partial charge in [0.05, 0.1) is 6.54 Å². The number of likely N-dealkylation sites (N-methyl/N-ethyl adjacent to an activating group) is 1. The molecule has 0 fully saturated rings. The Morgan fingerprint density at radius 1 is 1.36 bits per heavy atom. The Kier molecular flexibility index (Phi) is 5.05. The quantitative estimate of drug-likeness (QED) is 0.756. The van der Waals surface area contributed by atoms with E-state index in [9.17, 15) is 14.4 Å². The molecule has 7 nitrogen and oxygen atoms in total. The van der Waals surface area contributed by atoms with Crippen LogP contribution in [-0.2, 0) is 23.1 Å². The van der Waals surface area contributed by atoms with E-state index in [1.165, 1.54) is 24.1 Å². The fourth-order valence-corrected chi connectivity index (χ4v) is 2.40. The van der Waals surface area contributed by atoms with Gasteiger partial charge in [0, 0.05) is 25.0 Å². The first-order chi connectivity index (χ1) is 10.5. The first-order valence-corrected chi connectivity index (χ1v) is 7.33. The van der Waals surface area contributed by atoms with Crippen molar-refractivity contribution in [3.05, 3.63) is 50.6 Å². The minimum Gasteiger partial charge on any atom is -0.451 e. The molecule has 2 heterocycles. The lowest BCUT2D eigenvalue weighted by molar-refractivity contribution is -0.133. The van der Waals surface area contributed by atoms with E-state index in [-0.39, 0.29) is 23.8 Å². The SMILES string of the molecule is CN(Cc1cccs1)C(=O)COC(=O)c1ccc(=O)n(C)n1. The van der Waals surface area contributed by atoms with Crippen LogP contribution in [0.15, 0.2) is 34.4 Å². The maximum Gasteiger partial charge on any atom is 0.359 e. The van der Waals surface area contributed by atoms with Crippen LogP contribution in [0, 0.1) is 0 Å². The predicted molar refractivity (Wildman–Crippen MR) is 80.6 cm³/mol. The number of ether oxygens (including phenoxy) is 1. The molecule has 1 amide bonds. The number of thiophene rings is 1. The van der Waals surface area contributed by atoms with Crippen LogP contribution in [0.1, 0.15) is 15.4 Å². The molecule has 0 aliphatic rings. The Morgan fingerprint density at radius 2 is 2.14 bits per heavy atom. The topological polar surface area (TPSA) is 81.5 Å². The van der Waals surface area contributed by atoms with E-state index in [1.807, 2.05) is 17.5 Å². The third-order valence-electron chi connectivity index (χ3n) is 2.90. The summed E-state index contributed by atoms with van der Waals surface area (Å²) in [4.78, 5) is 37.4. The number of esters is 1. The molecule has 0 unspecified atom stereocenters. The van der Waals surface area contributed by atoms with Crippen molar-refractivity contribution in [2.75, 3.05) is 13.7 Å². The van der Waals surface area contributed by atoms with Gasteiger partial charge in [0.1, 0.15) is 0 Å². The molecule has 2 aromatic heterocycles. The van der Waals surface area contributed by atoms with Crippen molar-refractivity contribution in [3.8, 4) is 0 Å². The molecule has 0 radical (unpaired) electrons. The Morgan fingerprint density at radius 3 is 2.77 bits per heavy atom. The highest BCUT2D eigenvalue weighted by Crippen LogP contribution is 2.10. The summed E-state index contributed by atoms with van der Waals surface area (Å²) in [5.41, 5.74) is -0.348. The summed E-state index contributed by atoms with van der Waals surface area (Å²) < 4.78 is 5.95. The molecule has 0 aliphatic carbocycles. The second-order valence-electron chi connectivity index (χ2n) is 4.59. The van der Waals surface area contributed by atoms with E-state index in [2.05, 4.69) is 5.10 Å². The van der Waals surface area contributed by atoms with Crippen molar-refractivity contribution in [1.82, 2.24) is 14.7 Å². The van der Waals surface area contributed by atoms with Crippen LogP contribution in [0.3, 0.4) is 0 Å². The Balaban J connectivity index is 1.88. The van der Waals surface area contributed by atoms with Crippen molar-refractivity contribution < 1.29 is 14.3 Å². The number of hydrogen-bond donors (Lipinski definition) is 0. The van der Waals surface area contributed by atoms with Crippen LogP contribution in [0.25, 0.3) is 0 Å². The maximum absolute atomic E-state index is 11.9. The minimum absolute atomic E-state index is 0.0178. The largest absolute Gasteiger partial charge is 0.451 e. The highest BCUT2D eigenvalue weighted by molar-refractivity contribution is 7.09. The second kappa shape index (κ2) is 6.99. The average molecular weight is 321 g/mol. The first kappa shape index (κ1) is 15.9. The van der Waals surface area contributed by atoms with Crippen LogP contribution in [0.2, 0.25) is 0 Å². The zero-order chi connectivity index (χ0) is 16.1. The number of hydrogen-bond acceptors (Lipinski definition) is 6. The molecule has 2 rings (SSSR count). The fraction of sp³-hybridized carbons (Fsp3) is 0.286. The van der Waals surface area contributed by atoms with Gasteiger partial charge in [-0.05, 0) is 17.5 Å². The Bertz CT molecular complexity index is 724. The number of amides is 1. The third kappa shape index (κ3) is 4.01. The number of rotatable bonds is 5. The van der Waals surface area contributed by atoms with Gasteiger partial charge < -0.3 is 9.64 Å². The van der Waals surface area contributed by atoms with Crippen molar-refractivity contribution in [3.63, 3.8) is 0 Å². The molecule has 0 bridgehead atoms. The van der Waals surface area contributed by atoms with Gasteiger partial charge in [-0.15, -0.1) is 11.3 Å². The highest BCUT2D eigenvalue weighted by atomic mass is 32.1. The van der Waals surface area contributed by atoms with Gasteiger partial charge in [0.15, 0.2) is 12.3 Å². The number of carbonyl (C=O) groups is 2. The van der Waals surface area contributed by atoms with Crippen LogP contribution >= 0.6 is 11.3 Å². The maximum atomic E-state index is 11.9. The molecule has 0 N–H and O–H groups in total. The molecule has 0 saturated carbocycles. The molecule has 0 saturated heterocycles. The van der Waals surface area contributed by atoms with Gasteiger partial charge in [0.25, 0.3) is 11.5 Å². The van der Waals surface area contributed by atoms with Gasteiger partial charge in [-0.1, -0.05) is 6.07 Å². The van der Waals surface area contributed by atoms with Gasteiger partial charge in [-0.25, -0.2) is 9.48 Å². The summed E-state index contributed by atoms with van der Waals surface area (Å²) in [7, 11) is 3.07. The van der Waals surface area contributed by atoms with Crippen LogP contribution < -0.4 is 5.56 Å². The standard InChI is InChI=1S/C14H15N3O4S/c1-16(8-10-4-3-7-22-10)13(19)9-21-14(20)11-5-6-12(18)17(2)15-11/h3-7H,8-9H2,1-2H3. The highest BCUT2D eigenvalue weighted by Gasteiger charge is 2.15. The Labute approximate surface area is 130 Å². The molecule has 0 aliphatic heterocycles. The van der Waals surface area contributed by atoms with E-state index in [1.54, 1.807) is 18.4 Å². The molecular weight excluding hydrogens is 306 g/mol. The molecule has 22 heavy (non-hydrogen) atoms. The summed E-state index contributed by atoms with van der Waals surface area (Å²) in [6.07, 6.45) is 0. The smallest absolute Gasteiger partial charge is 0.359 e. The lowest BCUT2D eigenvalue weighted by Gasteiger charge is -2.16. The second-order valence-corrected chi connectivity index (χ2v) is 5.62. The minimum atomic E-state index is -0.742. The summed E-state index contributed by atoms with van der Waals surface area (Å²) in [5, 5.41) is 5.69.